The van der Waals surface area contributed by atoms with Gasteiger partial charge in [0.15, 0.2) is 6.10 Å². The first-order valence-corrected chi connectivity index (χ1v) is 4.86. The van der Waals surface area contributed by atoms with Crippen LogP contribution in [0.25, 0.3) is 0 Å². The van der Waals surface area contributed by atoms with Crippen molar-refractivity contribution in [1.82, 2.24) is 0 Å². The van der Waals surface area contributed by atoms with Crippen molar-refractivity contribution >= 4 is 5.97 Å². The summed E-state index contributed by atoms with van der Waals surface area (Å²) in [7, 11) is 1.42. The van der Waals surface area contributed by atoms with Crippen molar-refractivity contribution in [2.24, 2.45) is 0 Å². The van der Waals surface area contributed by atoms with Crippen LogP contribution in [-0.4, -0.2) is 24.3 Å². The summed E-state index contributed by atoms with van der Waals surface area (Å²) in [6, 6.07) is 5.99. The molecule has 0 unspecified atom stereocenters. The number of ether oxygens (including phenoxy) is 1. The summed E-state index contributed by atoms with van der Waals surface area (Å²) >= 11 is 0. The van der Waals surface area contributed by atoms with Gasteiger partial charge in [-0.05, 0) is 25.0 Å². The van der Waals surface area contributed by atoms with Crippen LogP contribution in [0, 0.1) is 13.8 Å². The van der Waals surface area contributed by atoms with Crippen LogP contribution in [0.3, 0.4) is 0 Å². The highest BCUT2D eigenvalue weighted by Crippen LogP contribution is 2.13. The van der Waals surface area contributed by atoms with Gasteiger partial charge in [0.05, 0.1) is 0 Å². The Balaban J connectivity index is 2.84. The molecule has 1 N–H and O–H groups in total. The SMILES string of the molecule is CO[C@@H](Cc1ccc(C)cc1C)C(=O)O. The zero-order valence-electron chi connectivity index (χ0n) is 9.28. The molecule has 0 spiro atoms. The van der Waals surface area contributed by atoms with Gasteiger partial charge in [-0.2, -0.15) is 0 Å². The second-order valence-electron chi connectivity index (χ2n) is 3.70. The summed E-state index contributed by atoms with van der Waals surface area (Å²) in [5.74, 6) is -0.919. The van der Waals surface area contributed by atoms with Gasteiger partial charge < -0.3 is 9.84 Å². The number of carboxylic acid groups (broad SMARTS) is 1. The summed E-state index contributed by atoms with van der Waals surface area (Å²) in [5, 5.41) is 8.86. The van der Waals surface area contributed by atoms with E-state index in [0.29, 0.717) is 6.42 Å². The number of methoxy groups -OCH3 is 1. The Labute approximate surface area is 89.7 Å². The van der Waals surface area contributed by atoms with Crippen LogP contribution < -0.4 is 0 Å². The van der Waals surface area contributed by atoms with Crippen LogP contribution in [0.2, 0.25) is 0 Å². The topological polar surface area (TPSA) is 46.5 Å². The molecule has 1 aromatic carbocycles. The van der Waals surface area contributed by atoms with Crippen LogP contribution in [0.4, 0.5) is 0 Å². The van der Waals surface area contributed by atoms with Crippen molar-refractivity contribution in [2.45, 2.75) is 26.4 Å². The first-order chi connectivity index (χ1) is 7.04. The standard InChI is InChI=1S/C12H16O3/c1-8-4-5-10(9(2)6-8)7-11(15-3)12(13)14/h4-6,11H,7H2,1-3H3,(H,13,14)/t11-/m0/s1. The van der Waals surface area contributed by atoms with Gasteiger partial charge in [-0.25, -0.2) is 4.79 Å². The summed E-state index contributed by atoms with van der Waals surface area (Å²) in [6.07, 6.45) is -0.343. The van der Waals surface area contributed by atoms with E-state index in [1.165, 1.54) is 12.7 Å². The van der Waals surface area contributed by atoms with Crippen LogP contribution in [-0.2, 0) is 16.0 Å². The van der Waals surface area contributed by atoms with Crippen molar-refractivity contribution in [2.75, 3.05) is 7.11 Å². The average molecular weight is 208 g/mol. The Morgan fingerprint density at radius 3 is 2.60 bits per heavy atom. The lowest BCUT2D eigenvalue weighted by Gasteiger charge is -2.12. The van der Waals surface area contributed by atoms with E-state index in [0.717, 1.165) is 11.1 Å². The van der Waals surface area contributed by atoms with Crippen molar-refractivity contribution < 1.29 is 14.6 Å². The highest BCUT2D eigenvalue weighted by molar-refractivity contribution is 5.72. The molecule has 0 heterocycles. The lowest BCUT2D eigenvalue weighted by atomic mass is 10.0. The second kappa shape index (κ2) is 4.94. The van der Waals surface area contributed by atoms with Gasteiger partial charge >= 0.3 is 5.97 Å². The zero-order chi connectivity index (χ0) is 11.4. The van der Waals surface area contributed by atoms with Gasteiger partial charge in [0, 0.05) is 13.5 Å². The minimum absolute atomic E-state index is 0.415. The minimum atomic E-state index is -0.919. The minimum Gasteiger partial charge on any atom is -0.479 e. The molecule has 0 saturated carbocycles. The molecule has 0 aromatic heterocycles. The number of carboxylic acids is 1. The lowest BCUT2D eigenvalue weighted by molar-refractivity contribution is -0.148. The molecular weight excluding hydrogens is 192 g/mol. The van der Waals surface area contributed by atoms with Crippen molar-refractivity contribution in [3.8, 4) is 0 Å². The van der Waals surface area contributed by atoms with E-state index >= 15 is 0 Å². The maximum Gasteiger partial charge on any atom is 0.333 e. The Kier molecular flexibility index (Phi) is 3.86. The Hall–Kier alpha value is -1.35. The number of aliphatic carboxylic acids is 1. The number of carbonyl (C=O) groups is 1. The predicted molar refractivity (Wildman–Crippen MR) is 58.1 cm³/mol. The van der Waals surface area contributed by atoms with E-state index < -0.39 is 12.1 Å². The average Bonchev–Trinajstić information content (AvgIpc) is 2.16. The van der Waals surface area contributed by atoms with Gasteiger partial charge in [0.1, 0.15) is 0 Å². The molecule has 82 valence electrons. The summed E-state index contributed by atoms with van der Waals surface area (Å²) in [5.41, 5.74) is 3.31. The molecule has 0 aliphatic carbocycles. The van der Waals surface area contributed by atoms with E-state index in [9.17, 15) is 4.79 Å². The van der Waals surface area contributed by atoms with Gasteiger partial charge in [-0.3, -0.25) is 0 Å². The molecule has 0 saturated heterocycles. The smallest absolute Gasteiger partial charge is 0.333 e. The largest absolute Gasteiger partial charge is 0.479 e. The van der Waals surface area contributed by atoms with E-state index in [4.69, 9.17) is 9.84 Å². The number of hydrogen-bond acceptors (Lipinski definition) is 2. The summed E-state index contributed by atoms with van der Waals surface area (Å²) < 4.78 is 4.90. The molecule has 0 bridgehead atoms. The molecule has 1 atom stereocenters. The molecule has 3 heteroatoms. The molecule has 1 aromatic rings. The Bertz CT molecular complexity index is 358. The predicted octanol–water partition coefficient (Wildman–Crippen LogP) is 1.95. The maximum absolute atomic E-state index is 10.8. The van der Waals surface area contributed by atoms with Crippen molar-refractivity contribution in [3.63, 3.8) is 0 Å². The lowest BCUT2D eigenvalue weighted by Crippen LogP contribution is -2.25. The molecule has 15 heavy (non-hydrogen) atoms. The summed E-state index contributed by atoms with van der Waals surface area (Å²) in [6.45, 7) is 4.00. The van der Waals surface area contributed by atoms with E-state index in [2.05, 4.69) is 0 Å². The fraction of sp³-hybridized carbons (Fsp3) is 0.417. The fourth-order valence-corrected chi connectivity index (χ4v) is 1.55. The van der Waals surface area contributed by atoms with Gasteiger partial charge in [-0.1, -0.05) is 23.8 Å². The monoisotopic (exact) mass is 208 g/mol. The van der Waals surface area contributed by atoms with Gasteiger partial charge in [0.2, 0.25) is 0 Å². The molecule has 0 radical (unpaired) electrons. The van der Waals surface area contributed by atoms with Crippen LogP contribution >= 0.6 is 0 Å². The van der Waals surface area contributed by atoms with E-state index in [1.54, 1.807) is 0 Å². The molecular formula is C12H16O3. The maximum atomic E-state index is 10.8. The molecule has 0 aliphatic rings. The van der Waals surface area contributed by atoms with Crippen LogP contribution in [0.5, 0.6) is 0 Å². The Morgan fingerprint density at radius 2 is 2.13 bits per heavy atom. The molecule has 0 fully saturated rings. The highest BCUT2D eigenvalue weighted by atomic mass is 16.5. The first-order valence-electron chi connectivity index (χ1n) is 4.86. The van der Waals surface area contributed by atoms with Gasteiger partial charge in [0.25, 0.3) is 0 Å². The third kappa shape index (κ3) is 3.06. The highest BCUT2D eigenvalue weighted by Gasteiger charge is 2.17. The second-order valence-corrected chi connectivity index (χ2v) is 3.70. The van der Waals surface area contributed by atoms with Gasteiger partial charge in [-0.15, -0.1) is 0 Å². The first kappa shape index (κ1) is 11.7. The third-order valence-electron chi connectivity index (χ3n) is 2.46. The van der Waals surface area contributed by atoms with E-state index in [-0.39, 0.29) is 0 Å². The molecule has 3 nitrogen and oxygen atoms in total. The number of benzene rings is 1. The number of rotatable bonds is 4. The quantitative estimate of drug-likeness (QED) is 0.822. The normalized spacial score (nSPS) is 12.5. The molecule has 1 rings (SSSR count). The third-order valence-corrected chi connectivity index (χ3v) is 2.46. The van der Waals surface area contributed by atoms with E-state index in [1.807, 2.05) is 32.0 Å². The summed E-state index contributed by atoms with van der Waals surface area (Å²) in [4.78, 5) is 10.8. The zero-order valence-corrected chi connectivity index (χ0v) is 9.28. The molecule has 0 amide bonds. The number of hydrogen-bond donors (Lipinski definition) is 1. The Morgan fingerprint density at radius 1 is 1.47 bits per heavy atom. The van der Waals surface area contributed by atoms with Crippen LogP contribution in [0.1, 0.15) is 16.7 Å². The number of aryl methyl sites for hydroxylation is 2. The van der Waals surface area contributed by atoms with Crippen LogP contribution in [0.15, 0.2) is 18.2 Å². The fourth-order valence-electron chi connectivity index (χ4n) is 1.55. The molecule has 0 aliphatic heterocycles. The van der Waals surface area contributed by atoms with Crippen molar-refractivity contribution in [1.29, 1.82) is 0 Å². The van der Waals surface area contributed by atoms with Crippen molar-refractivity contribution in [3.05, 3.63) is 34.9 Å².